The second-order valence-electron chi connectivity index (χ2n) is 6.64. The molecule has 2 rings (SSSR count). The Morgan fingerprint density at radius 3 is 2.70 bits per heavy atom. The number of halogens is 1. The lowest BCUT2D eigenvalue weighted by molar-refractivity contribution is -0.130. The van der Waals surface area contributed by atoms with Gasteiger partial charge >= 0.3 is 0 Å². The van der Waals surface area contributed by atoms with E-state index in [0.717, 1.165) is 5.56 Å². The molecule has 0 saturated carbocycles. The van der Waals surface area contributed by atoms with Gasteiger partial charge in [-0.25, -0.2) is 4.39 Å². The molecule has 2 atom stereocenters. The largest absolute Gasteiger partial charge is 0.351 e. The second-order valence-corrected chi connectivity index (χ2v) is 6.64. The monoisotopic (exact) mass is 320 g/mol. The molecule has 1 aromatic carbocycles. The Kier molecular flexibility index (Phi) is 5.74. The van der Waals surface area contributed by atoms with Crippen molar-refractivity contribution in [3.63, 3.8) is 0 Å². The minimum atomic E-state index is -0.276. The summed E-state index contributed by atoms with van der Waals surface area (Å²) in [5.74, 6) is 0.397. The molecule has 2 amide bonds. The van der Waals surface area contributed by atoms with Crippen molar-refractivity contribution >= 4 is 11.8 Å². The number of hydrogen-bond acceptors (Lipinski definition) is 2. The number of nitrogens with zero attached hydrogens (tertiary/aromatic N) is 1. The van der Waals surface area contributed by atoms with E-state index in [1.54, 1.807) is 6.07 Å². The molecule has 1 aliphatic heterocycles. The summed E-state index contributed by atoms with van der Waals surface area (Å²) in [7, 11) is 0. The Hall–Kier alpha value is -1.91. The van der Waals surface area contributed by atoms with Crippen LogP contribution in [0.15, 0.2) is 24.3 Å². The summed E-state index contributed by atoms with van der Waals surface area (Å²) in [6.07, 6.45) is 0.894. The highest BCUT2D eigenvalue weighted by Crippen LogP contribution is 2.25. The summed E-state index contributed by atoms with van der Waals surface area (Å²) < 4.78 is 13.2. The molecule has 0 aromatic heterocycles. The minimum absolute atomic E-state index is 0.0191. The van der Waals surface area contributed by atoms with E-state index >= 15 is 0 Å². The van der Waals surface area contributed by atoms with Gasteiger partial charge in [-0.3, -0.25) is 9.59 Å². The van der Waals surface area contributed by atoms with Crippen LogP contribution in [0.3, 0.4) is 0 Å². The van der Waals surface area contributed by atoms with Crippen molar-refractivity contribution in [3.05, 3.63) is 35.6 Å². The lowest BCUT2D eigenvalue weighted by atomic mass is 9.91. The predicted molar refractivity (Wildman–Crippen MR) is 87.2 cm³/mol. The second kappa shape index (κ2) is 7.57. The molecule has 0 radical (unpaired) electrons. The number of aryl methyl sites for hydroxylation is 1. The fraction of sp³-hybridized carbons (Fsp3) is 0.556. The fourth-order valence-corrected chi connectivity index (χ4v) is 3.22. The molecule has 126 valence electrons. The van der Waals surface area contributed by atoms with Gasteiger partial charge < -0.3 is 10.2 Å². The van der Waals surface area contributed by atoms with Crippen LogP contribution in [0.5, 0.6) is 0 Å². The van der Waals surface area contributed by atoms with Crippen molar-refractivity contribution < 1.29 is 14.0 Å². The number of nitrogens with one attached hydrogen (secondary N) is 1. The third-order valence-corrected chi connectivity index (χ3v) is 4.48. The average Bonchev–Trinajstić information content (AvgIpc) is 2.88. The summed E-state index contributed by atoms with van der Waals surface area (Å²) in [5, 5.41) is 2.96. The van der Waals surface area contributed by atoms with Gasteiger partial charge in [-0.1, -0.05) is 26.0 Å². The molecular weight excluding hydrogens is 295 g/mol. The lowest BCUT2D eigenvalue weighted by Gasteiger charge is -2.21. The maximum absolute atomic E-state index is 13.2. The third kappa shape index (κ3) is 4.78. The molecule has 1 saturated heterocycles. The number of benzene rings is 1. The maximum atomic E-state index is 13.2. The topological polar surface area (TPSA) is 49.4 Å². The van der Waals surface area contributed by atoms with E-state index in [1.165, 1.54) is 19.1 Å². The Bertz CT molecular complexity index is 574. The highest BCUT2D eigenvalue weighted by molar-refractivity contribution is 5.77. The minimum Gasteiger partial charge on any atom is -0.351 e. The number of amides is 2. The SMILES string of the molecule is CC(=O)N[C@@H]1CN(C(=O)CCc2cccc(F)c2)C[C@H]1C(C)C. The van der Waals surface area contributed by atoms with E-state index in [9.17, 15) is 14.0 Å². The summed E-state index contributed by atoms with van der Waals surface area (Å²) >= 11 is 0. The number of carbonyl (C=O) groups excluding carboxylic acids is 2. The van der Waals surface area contributed by atoms with Gasteiger partial charge in [-0.2, -0.15) is 0 Å². The molecular formula is C18H25FN2O2. The molecule has 0 aliphatic carbocycles. The van der Waals surface area contributed by atoms with Crippen LogP contribution in [0, 0.1) is 17.7 Å². The normalized spacial score (nSPS) is 20.8. The van der Waals surface area contributed by atoms with Gasteiger partial charge in [0.25, 0.3) is 0 Å². The van der Waals surface area contributed by atoms with E-state index < -0.39 is 0 Å². The number of hydrogen-bond donors (Lipinski definition) is 1. The van der Waals surface area contributed by atoms with Crippen molar-refractivity contribution in [1.82, 2.24) is 10.2 Å². The molecule has 5 heteroatoms. The van der Waals surface area contributed by atoms with Gasteiger partial charge in [0.1, 0.15) is 5.82 Å². The molecule has 1 fully saturated rings. The summed E-state index contributed by atoms with van der Waals surface area (Å²) in [4.78, 5) is 25.6. The van der Waals surface area contributed by atoms with Gasteiger partial charge in [0.15, 0.2) is 0 Å². The van der Waals surface area contributed by atoms with Gasteiger partial charge in [0.05, 0.1) is 6.04 Å². The standard InChI is InChI=1S/C18H25FN2O2/c1-12(2)16-10-21(11-17(16)20-13(3)22)18(23)8-7-14-5-4-6-15(19)9-14/h4-6,9,12,16-17H,7-8,10-11H2,1-3H3,(H,20,22)/t16-,17+/m0/s1. The molecule has 0 spiro atoms. The zero-order valence-corrected chi connectivity index (χ0v) is 14.0. The van der Waals surface area contributed by atoms with Crippen LogP contribution in [-0.4, -0.2) is 35.8 Å². The molecule has 0 unspecified atom stereocenters. The fourth-order valence-electron chi connectivity index (χ4n) is 3.22. The number of carbonyl (C=O) groups is 2. The van der Waals surface area contributed by atoms with E-state index in [-0.39, 0.29) is 29.6 Å². The van der Waals surface area contributed by atoms with Crippen LogP contribution >= 0.6 is 0 Å². The molecule has 1 heterocycles. The van der Waals surface area contributed by atoms with Gasteiger partial charge in [-0.15, -0.1) is 0 Å². The lowest BCUT2D eigenvalue weighted by Crippen LogP contribution is -2.41. The van der Waals surface area contributed by atoms with E-state index in [4.69, 9.17) is 0 Å². The number of rotatable bonds is 5. The van der Waals surface area contributed by atoms with Crippen LogP contribution in [0.25, 0.3) is 0 Å². The smallest absolute Gasteiger partial charge is 0.222 e. The van der Waals surface area contributed by atoms with E-state index in [0.29, 0.717) is 31.8 Å². The first kappa shape index (κ1) is 17.4. The summed E-state index contributed by atoms with van der Waals surface area (Å²) in [6.45, 7) is 6.96. The van der Waals surface area contributed by atoms with Crippen LogP contribution in [0.1, 0.15) is 32.8 Å². The van der Waals surface area contributed by atoms with Gasteiger partial charge in [0, 0.05) is 32.4 Å². The quantitative estimate of drug-likeness (QED) is 0.905. The van der Waals surface area contributed by atoms with E-state index in [2.05, 4.69) is 19.2 Å². The molecule has 0 bridgehead atoms. The van der Waals surface area contributed by atoms with Gasteiger partial charge in [-0.05, 0) is 30.0 Å². The van der Waals surface area contributed by atoms with Crippen LogP contribution < -0.4 is 5.32 Å². The summed E-state index contributed by atoms with van der Waals surface area (Å²) in [5.41, 5.74) is 0.830. The average molecular weight is 320 g/mol. The van der Waals surface area contributed by atoms with Crippen molar-refractivity contribution in [2.45, 2.75) is 39.7 Å². The van der Waals surface area contributed by atoms with Crippen molar-refractivity contribution in [2.75, 3.05) is 13.1 Å². The van der Waals surface area contributed by atoms with Crippen molar-refractivity contribution in [3.8, 4) is 0 Å². The molecule has 1 N–H and O–H groups in total. The first-order valence-electron chi connectivity index (χ1n) is 8.16. The number of likely N-dealkylation sites (tertiary alicyclic amines) is 1. The predicted octanol–water partition coefficient (Wildman–Crippen LogP) is 2.38. The zero-order valence-electron chi connectivity index (χ0n) is 14.0. The Morgan fingerprint density at radius 1 is 1.35 bits per heavy atom. The molecule has 1 aromatic rings. The molecule has 4 nitrogen and oxygen atoms in total. The first-order chi connectivity index (χ1) is 10.9. The zero-order chi connectivity index (χ0) is 17.0. The Balaban J connectivity index is 1.93. The first-order valence-corrected chi connectivity index (χ1v) is 8.16. The highest BCUT2D eigenvalue weighted by Gasteiger charge is 2.36. The molecule has 1 aliphatic rings. The van der Waals surface area contributed by atoms with Crippen LogP contribution in [0.2, 0.25) is 0 Å². The third-order valence-electron chi connectivity index (χ3n) is 4.48. The van der Waals surface area contributed by atoms with Crippen LogP contribution in [0.4, 0.5) is 4.39 Å². The Morgan fingerprint density at radius 2 is 2.09 bits per heavy atom. The van der Waals surface area contributed by atoms with Gasteiger partial charge in [0.2, 0.25) is 11.8 Å². The van der Waals surface area contributed by atoms with Crippen molar-refractivity contribution in [2.24, 2.45) is 11.8 Å². The summed E-state index contributed by atoms with van der Waals surface area (Å²) in [6, 6.07) is 6.38. The Labute approximate surface area is 137 Å². The van der Waals surface area contributed by atoms with Crippen molar-refractivity contribution in [1.29, 1.82) is 0 Å². The van der Waals surface area contributed by atoms with Crippen LogP contribution in [-0.2, 0) is 16.0 Å². The van der Waals surface area contributed by atoms with E-state index in [1.807, 2.05) is 11.0 Å². The maximum Gasteiger partial charge on any atom is 0.222 e. The molecule has 23 heavy (non-hydrogen) atoms. The highest BCUT2D eigenvalue weighted by atomic mass is 19.1.